The molecule has 0 spiro atoms. The zero-order valence-electron chi connectivity index (χ0n) is 11.1. The highest BCUT2D eigenvalue weighted by molar-refractivity contribution is 4.53. The summed E-state index contributed by atoms with van der Waals surface area (Å²) in [5, 5.41) is 6.92. The van der Waals surface area contributed by atoms with Crippen molar-refractivity contribution < 1.29 is 0 Å². The zero-order valence-corrected chi connectivity index (χ0v) is 11.1. The predicted molar refractivity (Wildman–Crippen MR) is 72.8 cm³/mol. The summed E-state index contributed by atoms with van der Waals surface area (Å²) in [5.41, 5.74) is 5.42. The highest BCUT2D eigenvalue weighted by Crippen LogP contribution is 1.96. The predicted octanol–water partition coefficient (Wildman–Crippen LogP) is 1.87. The molecular weight excluding hydrogens is 198 g/mol. The summed E-state index contributed by atoms with van der Waals surface area (Å²) in [6.07, 6.45) is 9.00. The summed E-state index contributed by atoms with van der Waals surface area (Å²) < 4.78 is 0. The molecule has 0 heterocycles. The van der Waals surface area contributed by atoms with Gasteiger partial charge in [-0.2, -0.15) is 0 Å². The Morgan fingerprint density at radius 3 is 1.81 bits per heavy atom. The van der Waals surface area contributed by atoms with Gasteiger partial charge < -0.3 is 16.4 Å². The fraction of sp³-hybridized carbons (Fsp3) is 1.00. The van der Waals surface area contributed by atoms with E-state index >= 15 is 0 Å². The molecule has 0 saturated heterocycles. The Hall–Kier alpha value is -0.120. The molecule has 0 aliphatic heterocycles. The lowest BCUT2D eigenvalue weighted by molar-refractivity contribution is 0.556. The van der Waals surface area contributed by atoms with Crippen molar-refractivity contribution in [2.75, 3.05) is 32.7 Å². The third-order valence-corrected chi connectivity index (χ3v) is 2.72. The van der Waals surface area contributed by atoms with Crippen LogP contribution in [-0.2, 0) is 0 Å². The number of hydrogen-bond donors (Lipinski definition) is 3. The molecule has 0 atom stereocenters. The van der Waals surface area contributed by atoms with Crippen LogP contribution in [0.15, 0.2) is 0 Å². The van der Waals surface area contributed by atoms with E-state index in [2.05, 4.69) is 17.6 Å². The smallest absolute Gasteiger partial charge is 0.00368 e. The molecule has 3 nitrogen and oxygen atoms in total. The molecule has 0 rings (SSSR count). The highest BCUT2D eigenvalue weighted by atomic mass is 14.9. The average Bonchev–Trinajstić information content (AvgIpc) is 2.31. The van der Waals surface area contributed by atoms with Crippen LogP contribution in [0.4, 0.5) is 0 Å². The second kappa shape index (κ2) is 14.9. The van der Waals surface area contributed by atoms with Gasteiger partial charge in [0.05, 0.1) is 0 Å². The van der Waals surface area contributed by atoms with Crippen molar-refractivity contribution in [3.8, 4) is 0 Å². The van der Waals surface area contributed by atoms with Crippen molar-refractivity contribution in [2.45, 2.75) is 51.9 Å². The summed E-state index contributed by atoms with van der Waals surface area (Å²) >= 11 is 0. The first-order chi connectivity index (χ1) is 7.91. The standard InChI is InChI=1S/C13H31N3/c1-2-3-4-6-10-15-12-8-13-16-11-7-5-9-14/h15-16H,2-14H2,1H3. The summed E-state index contributed by atoms with van der Waals surface area (Å²) in [6, 6.07) is 0. The molecule has 0 aliphatic rings. The van der Waals surface area contributed by atoms with Crippen LogP contribution in [0.3, 0.4) is 0 Å². The van der Waals surface area contributed by atoms with Crippen molar-refractivity contribution in [1.82, 2.24) is 10.6 Å². The van der Waals surface area contributed by atoms with Gasteiger partial charge in [0.15, 0.2) is 0 Å². The molecule has 0 saturated carbocycles. The van der Waals surface area contributed by atoms with Gasteiger partial charge in [0.25, 0.3) is 0 Å². The Bertz CT molecular complexity index is 104. The van der Waals surface area contributed by atoms with E-state index in [-0.39, 0.29) is 0 Å². The molecule has 0 bridgehead atoms. The first-order valence-electron chi connectivity index (χ1n) is 7.03. The Balaban J connectivity index is 2.83. The maximum atomic E-state index is 5.42. The Labute approximate surface area is 102 Å². The molecular formula is C13H31N3. The van der Waals surface area contributed by atoms with E-state index in [0.717, 1.165) is 32.6 Å². The minimum absolute atomic E-state index is 0.820. The SMILES string of the molecule is CCCCCCNCCCNCCCCN. The van der Waals surface area contributed by atoms with Crippen molar-refractivity contribution in [2.24, 2.45) is 5.73 Å². The molecule has 0 aliphatic carbocycles. The second-order valence-electron chi connectivity index (χ2n) is 4.41. The van der Waals surface area contributed by atoms with E-state index in [0.29, 0.717) is 0 Å². The Kier molecular flexibility index (Phi) is 14.8. The van der Waals surface area contributed by atoms with Gasteiger partial charge in [-0.3, -0.25) is 0 Å². The summed E-state index contributed by atoms with van der Waals surface area (Å²) in [6.45, 7) is 7.66. The van der Waals surface area contributed by atoms with Crippen LogP contribution < -0.4 is 16.4 Å². The minimum atomic E-state index is 0.820. The minimum Gasteiger partial charge on any atom is -0.330 e. The van der Waals surface area contributed by atoms with Gasteiger partial charge in [-0.05, 0) is 58.4 Å². The fourth-order valence-electron chi connectivity index (χ4n) is 1.66. The normalized spacial score (nSPS) is 10.9. The summed E-state index contributed by atoms with van der Waals surface area (Å²) in [5.74, 6) is 0. The van der Waals surface area contributed by atoms with Crippen LogP contribution >= 0.6 is 0 Å². The Morgan fingerprint density at radius 1 is 0.688 bits per heavy atom. The van der Waals surface area contributed by atoms with Crippen molar-refractivity contribution in [1.29, 1.82) is 0 Å². The average molecular weight is 229 g/mol. The third-order valence-electron chi connectivity index (χ3n) is 2.72. The van der Waals surface area contributed by atoms with E-state index < -0.39 is 0 Å². The molecule has 0 aromatic heterocycles. The largest absolute Gasteiger partial charge is 0.330 e. The van der Waals surface area contributed by atoms with Crippen LogP contribution in [0.2, 0.25) is 0 Å². The van der Waals surface area contributed by atoms with Crippen LogP contribution in [0, 0.1) is 0 Å². The lowest BCUT2D eigenvalue weighted by Crippen LogP contribution is -2.23. The number of rotatable bonds is 13. The molecule has 4 N–H and O–H groups in total. The number of nitrogens with one attached hydrogen (secondary N) is 2. The molecule has 0 fully saturated rings. The monoisotopic (exact) mass is 229 g/mol. The van der Waals surface area contributed by atoms with Crippen molar-refractivity contribution in [3.63, 3.8) is 0 Å². The second-order valence-corrected chi connectivity index (χ2v) is 4.41. The number of unbranched alkanes of at least 4 members (excludes halogenated alkanes) is 4. The van der Waals surface area contributed by atoms with E-state index in [1.165, 1.54) is 45.1 Å². The molecule has 98 valence electrons. The van der Waals surface area contributed by atoms with Crippen molar-refractivity contribution >= 4 is 0 Å². The lowest BCUT2D eigenvalue weighted by Gasteiger charge is -2.06. The van der Waals surface area contributed by atoms with E-state index in [4.69, 9.17) is 5.73 Å². The van der Waals surface area contributed by atoms with Gasteiger partial charge in [0.1, 0.15) is 0 Å². The summed E-state index contributed by atoms with van der Waals surface area (Å²) in [7, 11) is 0. The third kappa shape index (κ3) is 13.9. The van der Waals surface area contributed by atoms with Gasteiger partial charge in [-0.1, -0.05) is 26.2 Å². The number of nitrogens with two attached hydrogens (primary N) is 1. The van der Waals surface area contributed by atoms with Gasteiger partial charge in [0, 0.05) is 0 Å². The fourth-order valence-corrected chi connectivity index (χ4v) is 1.66. The van der Waals surface area contributed by atoms with Gasteiger partial charge in [0.2, 0.25) is 0 Å². The topological polar surface area (TPSA) is 50.1 Å². The van der Waals surface area contributed by atoms with Gasteiger partial charge >= 0.3 is 0 Å². The molecule has 0 aromatic carbocycles. The Morgan fingerprint density at radius 2 is 1.25 bits per heavy atom. The van der Waals surface area contributed by atoms with Crippen LogP contribution in [0.1, 0.15) is 51.9 Å². The number of hydrogen-bond acceptors (Lipinski definition) is 3. The molecule has 0 aromatic rings. The molecule has 0 amide bonds. The first kappa shape index (κ1) is 15.9. The molecule has 0 radical (unpaired) electrons. The quantitative estimate of drug-likeness (QED) is 0.423. The van der Waals surface area contributed by atoms with Crippen molar-refractivity contribution in [3.05, 3.63) is 0 Å². The van der Waals surface area contributed by atoms with Crippen LogP contribution in [-0.4, -0.2) is 32.7 Å². The molecule has 3 heteroatoms. The molecule has 16 heavy (non-hydrogen) atoms. The van der Waals surface area contributed by atoms with Gasteiger partial charge in [-0.15, -0.1) is 0 Å². The van der Waals surface area contributed by atoms with Crippen LogP contribution in [0.25, 0.3) is 0 Å². The zero-order chi connectivity index (χ0) is 11.9. The summed E-state index contributed by atoms with van der Waals surface area (Å²) in [4.78, 5) is 0. The van der Waals surface area contributed by atoms with Crippen LogP contribution in [0.5, 0.6) is 0 Å². The van der Waals surface area contributed by atoms with Gasteiger partial charge in [-0.25, -0.2) is 0 Å². The molecule has 0 unspecified atom stereocenters. The van der Waals surface area contributed by atoms with E-state index in [9.17, 15) is 0 Å². The first-order valence-corrected chi connectivity index (χ1v) is 7.03. The maximum absolute atomic E-state index is 5.42. The van der Waals surface area contributed by atoms with E-state index in [1.54, 1.807) is 0 Å². The van der Waals surface area contributed by atoms with E-state index in [1.807, 2.05) is 0 Å². The maximum Gasteiger partial charge on any atom is -0.00368 e. The lowest BCUT2D eigenvalue weighted by atomic mass is 10.2. The highest BCUT2D eigenvalue weighted by Gasteiger charge is 1.90.